The Morgan fingerprint density at radius 2 is 2.21 bits per heavy atom. The molecule has 0 aliphatic rings. The van der Waals surface area contributed by atoms with Gasteiger partial charge in [-0.25, -0.2) is 0 Å². The van der Waals surface area contributed by atoms with Crippen LogP contribution in [0.5, 0.6) is 5.06 Å². The Morgan fingerprint density at radius 1 is 1.43 bits per heavy atom. The van der Waals surface area contributed by atoms with Crippen molar-refractivity contribution >= 4 is 49.1 Å². The zero-order valence-electron chi connectivity index (χ0n) is 7.83. The standard InChI is InChI=1S/C10H9BrOS2/c1-12-10-9(13-2)6-4-3-5-7(11)8(6)14-10/h3-5H,1-2H3. The van der Waals surface area contributed by atoms with Gasteiger partial charge in [-0.3, -0.25) is 0 Å². The number of ether oxygens (including phenoxy) is 1. The minimum Gasteiger partial charge on any atom is -0.486 e. The summed E-state index contributed by atoms with van der Waals surface area (Å²) in [6.45, 7) is 0. The topological polar surface area (TPSA) is 9.23 Å². The molecule has 1 heterocycles. The quantitative estimate of drug-likeness (QED) is 0.758. The summed E-state index contributed by atoms with van der Waals surface area (Å²) in [4.78, 5) is 1.23. The van der Waals surface area contributed by atoms with Crippen molar-refractivity contribution in [3.8, 4) is 5.06 Å². The van der Waals surface area contributed by atoms with Gasteiger partial charge < -0.3 is 4.74 Å². The lowest BCUT2D eigenvalue weighted by Gasteiger charge is -1.97. The van der Waals surface area contributed by atoms with Crippen LogP contribution in [0.1, 0.15) is 0 Å². The average Bonchev–Trinajstić information content (AvgIpc) is 2.57. The van der Waals surface area contributed by atoms with E-state index >= 15 is 0 Å². The van der Waals surface area contributed by atoms with Crippen LogP contribution in [-0.2, 0) is 0 Å². The molecule has 0 fully saturated rings. The number of rotatable bonds is 2. The van der Waals surface area contributed by atoms with E-state index in [-0.39, 0.29) is 0 Å². The number of halogens is 1. The number of methoxy groups -OCH3 is 1. The van der Waals surface area contributed by atoms with Gasteiger partial charge in [0.1, 0.15) is 0 Å². The second-order valence-corrected chi connectivity index (χ2v) is 5.40. The summed E-state index contributed by atoms with van der Waals surface area (Å²) in [6, 6.07) is 6.24. The molecule has 0 unspecified atom stereocenters. The molecule has 0 radical (unpaired) electrons. The van der Waals surface area contributed by atoms with Crippen molar-refractivity contribution in [2.24, 2.45) is 0 Å². The van der Waals surface area contributed by atoms with E-state index in [4.69, 9.17) is 4.74 Å². The number of benzene rings is 1. The molecule has 1 nitrogen and oxygen atoms in total. The van der Waals surface area contributed by atoms with Crippen LogP contribution in [0, 0.1) is 0 Å². The van der Waals surface area contributed by atoms with Crippen molar-refractivity contribution < 1.29 is 4.74 Å². The van der Waals surface area contributed by atoms with E-state index in [1.807, 2.05) is 0 Å². The molecule has 74 valence electrons. The molecule has 0 N–H and O–H groups in total. The molecule has 14 heavy (non-hydrogen) atoms. The number of thioether (sulfide) groups is 1. The zero-order chi connectivity index (χ0) is 10.1. The SMILES string of the molecule is COc1sc2c(Br)cccc2c1SC. The Hall–Kier alpha value is -0.190. The van der Waals surface area contributed by atoms with E-state index in [2.05, 4.69) is 40.4 Å². The van der Waals surface area contributed by atoms with Crippen LogP contribution in [0.15, 0.2) is 27.6 Å². The van der Waals surface area contributed by atoms with Crippen LogP contribution in [0.25, 0.3) is 10.1 Å². The molecule has 0 atom stereocenters. The molecular weight excluding hydrogens is 280 g/mol. The number of thiophene rings is 1. The minimum absolute atomic E-state index is 0.999. The van der Waals surface area contributed by atoms with Gasteiger partial charge in [-0.1, -0.05) is 23.5 Å². The highest BCUT2D eigenvalue weighted by Crippen LogP contribution is 2.45. The van der Waals surface area contributed by atoms with Crippen LogP contribution in [-0.4, -0.2) is 13.4 Å². The van der Waals surface area contributed by atoms with Crippen LogP contribution >= 0.6 is 39.0 Å². The summed E-state index contributed by atoms with van der Waals surface area (Å²) >= 11 is 6.96. The lowest BCUT2D eigenvalue weighted by Crippen LogP contribution is -1.78. The van der Waals surface area contributed by atoms with Crippen molar-refractivity contribution in [1.82, 2.24) is 0 Å². The van der Waals surface area contributed by atoms with Gasteiger partial charge in [0.2, 0.25) is 0 Å². The normalized spacial score (nSPS) is 10.8. The molecule has 0 spiro atoms. The van der Waals surface area contributed by atoms with Crippen LogP contribution in [0.3, 0.4) is 0 Å². The second-order valence-electron chi connectivity index (χ2n) is 2.74. The van der Waals surface area contributed by atoms with Gasteiger partial charge in [-0.2, -0.15) is 0 Å². The fourth-order valence-corrected chi connectivity index (χ4v) is 3.97. The monoisotopic (exact) mass is 288 g/mol. The van der Waals surface area contributed by atoms with Gasteiger partial charge in [0, 0.05) is 9.86 Å². The molecule has 2 aromatic rings. The summed E-state index contributed by atoms with van der Waals surface area (Å²) in [7, 11) is 1.72. The van der Waals surface area contributed by atoms with Gasteiger partial charge in [0.05, 0.1) is 16.7 Å². The highest BCUT2D eigenvalue weighted by atomic mass is 79.9. The maximum absolute atomic E-state index is 5.35. The van der Waals surface area contributed by atoms with E-state index in [1.54, 1.807) is 30.2 Å². The molecule has 0 saturated heterocycles. The first-order valence-corrected chi connectivity index (χ1v) is 6.90. The summed E-state index contributed by atoms with van der Waals surface area (Å²) in [5, 5.41) is 2.27. The smallest absolute Gasteiger partial charge is 0.188 e. The molecule has 0 aliphatic heterocycles. The first-order valence-electron chi connectivity index (χ1n) is 4.07. The van der Waals surface area contributed by atoms with Crippen LogP contribution in [0.2, 0.25) is 0 Å². The Bertz CT molecular complexity index is 464. The third-order valence-corrected chi connectivity index (χ3v) is 5.05. The predicted molar refractivity (Wildman–Crippen MR) is 67.9 cm³/mol. The van der Waals surface area contributed by atoms with E-state index < -0.39 is 0 Å². The highest BCUT2D eigenvalue weighted by Gasteiger charge is 2.12. The van der Waals surface area contributed by atoms with E-state index in [0.717, 1.165) is 9.54 Å². The van der Waals surface area contributed by atoms with Crippen LogP contribution < -0.4 is 4.74 Å². The molecular formula is C10H9BrOS2. The fourth-order valence-electron chi connectivity index (χ4n) is 1.37. The molecule has 0 amide bonds. The van der Waals surface area contributed by atoms with Crippen molar-refractivity contribution in [3.05, 3.63) is 22.7 Å². The third-order valence-electron chi connectivity index (χ3n) is 1.98. The third kappa shape index (κ3) is 1.55. The van der Waals surface area contributed by atoms with Crippen LogP contribution in [0.4, 0.5) is 0 Å². The molecule has 0 saturated carbocycles. The number of hydrogen-bond donors (Lipinski definition) is 0. The zero-order valence-corrected chi connectivity index (χ0v) is 11.1. The Morgan fingerprint density at radius 3 is 2.86 bits per heavy atom. The summed E-state index contributed by atoms with van der Waals surface area (Å²) < 4.78 is 7.75. The van der Waals surface area contributed by atoms with E-state index in [1.165, 1.54) is 15.0 Å². The van der Waals surface area contributed by atoms with Gasteiger partial charge in [0.25, 0.3) is 0 Å². The highest BCUT2D eigenvalue weighted by molar-refractivity contribution is 9.10. The molecule has 0 bridgehead atoms. The fraction of sp³-hybridized carbons (Fsp3) is 0.200. The lowest BCUT2D eigenvalue weighted by molar-refractivity contribution is 0.419. The number of hydrogen-bond acceptors (Lipinski definition) is 3. The predicted octanol–water partition coefficient (Wildman–Crippen LogP) is 4.39. The largest absolute Gasteiger partial charge is 0.486 e. The summed E-state index contributed by atoms with van der Waals surface area (Å²) in [5.74, 6) is 0. The summed E-state index contributed by atoms with van der Waals surface area (Å²) in [6.07, 6.45) is 2.07. The second kappa shape index (κ2) is 4.13. The molecule has 4 heteroatoms. The Kier molecular flexibility index (Phi) is 3.04. The molecule has 2 rings (SSSR count). The molecule has 0 aliphatic carbocycles. The molecule has 1 aromatic carbocycles. The van der Waals surface area contributed by atoms with Gasteiger partial charge in [0.15, 0.2) is 5.06 Å². The Balaban J connectivity index is 2.79. The summed E-state index contributed by atoms with van der Waals surface area (Å²) in [5.41, 5.74) is 0. The maximum Gasteiger partial charge on any atom is 0.188 e. The molecule has 1 aromatic heterocycles. The maximum atomic E-state index is 5.35. The van der Waals surface area contributed by atoms with E-state index in [9.17, 15) is 0 Å². The van der Waals surface area contributed by atoms with Gasteiger partial charge in [-0.15, -0.1) is 11.8 Å². The van der Waals surface area contributed by atoms with Gasteiger partial charge in [-0.05, 0) is 28.3 Å². The lowest BCUT2D eigenvalue weighted by atomic mass is 10.3. The van der Waals surface area contributed by atoms with Crippen molar-refractivity contribution in [2.45, 2.75) is 4.90 Å². The van der Waals surface area contributed by atoms with Crippen molar-refractivity contribution in [2.75, 3.05) is 13.4 Å². The van der Waals surface area contributed by atoms with Crippen molar-refractivity contribution in [1.29, 1.82) is 0 Å². The van der Waals surface area contributed by atoms with Gasteiger partial charge >= 0.3 is 0 Å². The Labute approximate surface area is 99.6 Å². The number of fused-ring (bicyclic) bond motifs is 1. The average molecular weight is 289 g/mol. The first kappa shape index (κ1) is 10.3. The van der Waals surface area contributed by atoms with E-state index in [0.29, 0.717) is 0 Å². The van der Waals surface area contributed by atoms with Crippen molar-refractivity contribution in [3.63, 3.8) is 0 Å². The minimum atomic E-state index is 0.999. The first-order chi connectivity index (χ1) is 6.77.